The van der Waals surface area contributed by atoms with Gasteiger partial charge in [-0.1, -0.05) is 41.4 Å². The van der Waals surface area contributed by atoms with Gasteiger partial charge in [0.2, 0.25) is 0 Å². The number of carbonyl (C=O) groups excluding carboxylic acids is 3. The quantitative estimate of drug-likeness (QED) is 0.340. The van der Waals surface area contributed by atoms with Crippen molar-refractivity contribution in [2.24, 2.45) is 0 Å². The Hall–Kier alpha value is -4.17. The smallest absolute Gasteiger partial charge is 0.335 e. The Bertz CT molecular complexity index is 1370. The molecule has 4 rings (SSSR count). The number of halogens is 2. The van der Waals surface area contributed by atoms with E-state index in [1.807, 2.05) is 6.92 Å². The molecule has 7 nitrogen and oxygen atoms in total. The van der Waals surface area contributed by atoms with Gasteiger partial charge in [-0.25, -0.2) is 14.1 Å². The molecule has 1 aliphatic rings. The number of rotatable bonds is 7. The van der Waals surface area contributed by atoms with E-state index in [1.54, 1.807) is 49.4 Å². The third kappa shape index (κ3) is 5.39. The molecule has 0 saturated carbocycles. The molecule has 1 aliphatic heterocycles. The van der Waals surface area contributed by atoms with E-state index in [-0.39, 0.29) is 34.5 Å². The zero-order valence-corrected chi connectivity index (χ0v) is 20.3. The van der Waals surface area contributed by atoms with E-state index in [1.165, 1.54) is 24.3 Å². The van der Waals surface area contributed by atoms with Gasteiger partial charge in [0.1, 0.15) is 18.0 Å². The van der Waals surface area contributed by atoms with Crippen molar-refractivity contribution >= 4 is 41.2 Å². The van der Waals surface area contributed by atoms with Crippen LogP contribution in [0.2, 0.25) is 5.02 Å². The third-order valence-electron chi connectivity index (χ3n) is 5.31. The van der Waals surface area contributed by atoms with Crippen molar-refractivity contribution in [1.82, 2.24) is 5.32 Å². The predicted molar refractivity (Wildman–Crippen MR) is 134 cm³/mol. The lowest BCUT2D eigenvalue weighted by Gasteiger charge is -2.26. The fourth-order valence-electron chi connectivity index (χ4n) is 3.61. The Morgan fingerprint density at radius 2 is 1.78 bits per heavy atom. The van der Waals surface area contributed by atoms with Crippen molar-refractivity contribution in [2.75, 3.05) is 11.5 Å². The molecule has 4 amide bonds. The lowest BCUT2D eigenvalue weighted by molar-refractivity contribution is -0.122. The number of carbonyl (C=O) groups is 3. The van der Waals surface area contributed by atoms with E-state index in [9.17, 15) is 18.8 Å². The highest BCUT2D eigenvalue weighted by Crippen LogP contribution is 2.38. The van der Waals surface area contributed by atoms with Crippen LogP contribution in [-0.2, 0) is 16.2 Å². The van der Waals surface area contributed by atoms with E-state index >= 15 is 0 Å². The van der Waals surface area contributed by atoms with Crippen molar-refractivity contribution in [2.45, 2.75) is 20.5 Å². The van der Waals surface area contributed by atoms with Crippen LogP contribution in [0.15, 0.2) is 66.2 Å². The van der Waals surface area contributed by atoms with E-state index < -0.39 is 17.8 Å². The second-order valence-corrected chi connectivity index (χ2v) is 8.38. The second-order valence-electron chi connectivity index (χ2n) is 7.97. The van der Waals surface area contributed by atoms with Gasteiger partial charge in [0, 0.05) is 0 Å². The lowest BCUT2D eigenvalue weighted by Crippen LogP contribution is -2.54. The molecule has 1 fully saturated rings. The summed E-state index contributed by atoms with van der Waals surface area (Å²) in [6.45, 7) is 3.99. The van der Waals surface area contributed by atoms with Gasteiger partial charge in [0.15, 0.2) is 11.5 Å². The molecule has 0 unspecified atom stereocenters. The number of benzene rings is 3. The Morgan fingerprint density at radius 1 is 1.03 bits per heavy atom. The Balaban J connectivity index is 1.65. The van der Waals surface area contributed by atoms with Crippen molar-refractivity contribution in [3.63, 3.8) is 0 Å². The number of anilines is 1. The number of urea groups is 1. The van der Waals surface area contributed by atoms with Gasteiger partial charge in [0.05, 0.1) is 17.3 Å². The summed E-state index contributed by atoms with van der Waals surface area (Å²) >= 11 is 6.46. The monoisotopic (exact) mass is 508 g/mol. The number of nitrogens with zero attached hydrogens (tertiary/aromatic N) is 1. The Morgan fingerprint density at radius 3 is 2.47 bits per heavy atom. The van der Waals surface area contributed by atoms with Crippen molar-refractivity contribution < 1.29 is 28.2 Å². The minimum atomic E-state index is -0.833. The number of amides is 4. The van der Waals surface area contributed by atoms with Crippen LogP contribution in [-0.4, -0.2) is 24.5 Å². The van der Waals surface area contributed by atoms with Gasteiger partial charge in [0.25, 0.3) is 11.8 Å². The van der Waals surface area contributed by atoms with Crippen LogP contribution < -0.4 is 19.7 Å². The average molecular weight is 509 g/mol. The SMILES string of the molecule is CCOc1cc(/C=C2\C(=O)NC(=O)N(c3ccc(C)cc3)C2=O)cc(Cl)c1OCc1cccc(F)c1. The highest BCUT2D eigenvalue weighted by Gasteiger charge is 2.36. The molecule has 1 saturated heterocycles. The minimum absolute atomic E-state index is 0.0481. The van der Waals surface area contributed by atoms with Crippen LogP contribution >= 0.6 is 11.6 Å². The number of aryl methyl sites for hydroxylation is 1. The summed E-state index contributed by atoms with van der Waals surface area (Å²) in [7, 11) is 0. The molecule has 1 N–H and O–H groups in total. The van der Waals surface area contributed by atoms with Gasteiger partial charge in [-0.3, -0.25) is 14.9 Å². The largest absolute Gasteiger partial charge is 0.490 e. The average Bonchev–Trinajstić information content (AvgIpc) is 2.82. The number of ether oxygens (including phenoxy) is 2. The molecule has 3 aromatic carbocycles. The van der Waals surface area contributed by atoms with Gasteiger partial charge < -0.3 is 9.47 Å². The maximum Gasteiger partial charge on any atom is 0.335 e. The lowest BCUT2D eigenvalue weighted by atomic mass is 10.1. The zero-order chi connectivity index (χ0) is 25.8. The van der Waals surface area contributed by atoms with Gasteiger partial charge in [-0.15, -0.1) is 0 Å². The Kier molecular flexibility index (Phi) is 7.36. The van der Waals surface area contributed by atoms with Gasteiger partial charge >= 0.3 is 6.03 Å². The first-order valence-electron chi connectivity index (χ1n) is 11.1. The normalized spacial score (nSPS) is 14.7. The van der Waals surface area contributed by atoms with Crippen LogP contribution in [0.4, 0.5) is 14.9 Å². The number of nitrogens with one attached hydrogen (secondary N) is 1. The van der Waals surface area contributed by atoms with Crippen LogP contribution in [0.5, 0.6) is 11.5 Å². The molecule has 0 bridgehead atoms. The molecule has 0 radical (unpaired) electrons. The molecular formula is C27H22ClFN2O5. The number of imide groups is 2. The topological polar surface area (TPSA) is 84.9 Å². The molecular weight excluding hydrogens is 487 g/mol. The second kappa shape index (κ2) is 10.6. The fraction of sp³-hybridized carbons (Fsp3) is 0.148. The third-order valence-corrected chi connectivity index (χ3v) is 5.59. The van der Waals surface area contributed by atoms with E-state index in [2.05, 4.69) is 5.32 Å². The van der Waals surface area contributed by atoms with Crippen molar-refractivity contribution in [3.8, 4) is 11.5 Å². The highest BCUT2D eigenvalue weighted by atomic mass is 35.5. The summed E-state index contributed by atoms with van der Waals surface area (Å²) in [4.78, 5) is 39.0. The van der Waals surface area contributed by atoms with Crippen LogP contribution in [0.3, 0.4) is 0 Å². The zero-order valence-electron chi connectivity index (χ0n) is 19.5. The van der Waals surface area contributed by atoms with Crippen LogP contribution in [0.1, 0.15) is 23.6 Å². The standard InChI is InChI=1S/C27H22ClFN2O5/c1-3-35-23-14-18(13-22(28)24(23)36-15-17-5-4-6-19(29)11-17)12-21-25(32)30-27(34)31(26(21)33)20-9-7-16(2)8-10-20/h4-14H,3,15H2,1-2H3,(H,30,32,34)/b21-12+. The maximum absolute atomic E-state index is 13.5. The summed E-state index contributed by atoms with van der Waals surface area (Å²) in [5.41, 5.74) is 2.02. The maximum atomic E-state index is 13.5. The molecule has 0 aliphatic carbocycles. The first kappa shape index (κ1) is 24.9. The van der Waals surface area contributed by atoms with Crippen LogP contribution in [0, 0.1) is 12.7 Å². The molecule has 0 spiro atoms. The first-order valence-corrected chi connectivity index (χ1v) is 11.5. The molecule has 1 heterocycles. The number of barbiturate groups is 1. The summed E-state index contributed by atoms with van der Waals surface area (Å²) in [6.07, 6.45) is 1.33. The molecule has 0 aromatic heterocycles. The van der Waals surface area contributed by atoms with Gasteiger partial charge in [-0.05, 0) is 67.4 Å². The molecule has 3 aromatic rings. The molecule has 36 heavy (non-hydrogen) atoms. The fourth-order valence-corrected chi connectivity index (χ4v) is 3.88. The summed E-state index contributed by atoms with van der Waals surface area (Å²) < 4.78 is 25.0. The van der Waals surface area contributed by atoms with Crippen LogP contribution in [0.25, 0.3) is 6.08 Å². The molecule has 184 valence electrons. The van der Waals surface area contributed by atoms with E-state index in [4.69, 9.17) is 21.1 Å². The first-order chi connectivity index (χ1) is 17.3. The Labute approximate surface area is 212 Å². The highest BCUT2D eigenvalue weighted by molar-refractivity contribution is 6.39. The molecule has 0 atom stereocenters. The van der Waals surface area contributed by atoms with Crippen molar-refractivity contribution in [1.29, 1.82) is 0 Å². The molecule has 9 heteroatoms. The van der Waals surface area contributed by atoms with E-state index in [0.717, 1.165) is 10.5 Å². The summed E-state index contributed by atoms with van der Waals surface area (Å²) in [6, 6.07) is 15.0. The van der Waals surface area contributed by atoms with E-state index in [0.29, 0.717) is 23.4 Å². The summed E-state index contributed by atoms with van der Waals surface area (Å²) in [5, 5.41) is 2.36. The summed E-state index contributed by atoms with van der Waals surface area (Å²) in [5.74, 6) is -1.46. The van der Waals surface area contributed by atoms with Crippen molar-refractivity contribution in [3.05, 3.63) is 93.8 Å². The van der Waals surface area contributed by atoms with Gasteiger partial charge in [-0.2, -0.15) is 0 Å². The minimum Gasteiger partial charge on any atom is -0.490 e. The predicted octanol–water partition coefficient (Wildman–Crippen LogP) is 5.43. The number of hydrogen-bond donors (Lipinski definition) is 1. The number of hydrogen-bond acceptors (Lipinski definition) is 5.